The first-order chi connectivity index (χ1) is 10.0. The van der Waals surface area contributed by atoms with Crippen LogP contribution in [0.4, 0.5) is 0 Å². The van der Waals surface area contributed by atoms with Crippen molar-refractivity contribution in [2.75, 3.05) is 33.7 Å². The molecule has 2 saturated heterocycles. The molecule has 0 aromatic carbocycles. The normalized spacial score (nSPS) is 26.2. The number of aryl methyl sites for hydroxylation is 1. The quantitative estimate of drug-likeness (QED) is 0.792. The Morgan fingerprint density at radius 1 is 1.29 bits per heavy atom. The largest absolute Gasteiger partial charge is 0.348 e. The molecular formula is C15H25N5O. The van der Waals surface area contributed by atoms with Crippen LogP contribution in [0, 0.1) is 0 Å². The predicted molar refractivity (Wildman–Crippen MR) is 80.7 cm³/mol. The summed E-state index contributed by atoms with van der Waals surface area (Å²) in [6.07, 6.45) is 6.39. The highest BCUT2D eigenvalue weighted by Gasteiger charge is 2.42. The maximum absolute atomic E-state index is 11.9. The summed E-state index contributed by atoms with van der Waals surface area (Å²) in [7, 11) is 5.62. The third-order valence-corrected chi connectivity index (χ3v) is 4.79. The number of amides is 1. The first-order valence-corrected chi connectivity index (χ1v) is 7.70. The summed E-state index contributed by atoms with van der Waals surface area (Å²) in [5.41, 5.74) is 1.28. The fourth-order valence-corrected chi connectivity index (χ4v) is 3.66. The average molecular weight is 291 g/mol. The number of carbonyl (C=O) groups is 1. The van der Waals surface area contributed by atoms with Crippen molar-refractivity contribution < 1.29 is 4.79 Å². The molecule has 6 nitrogen and oxygen atoms in total. The minimum Gasteiger partial charge on any atom is -0.348 e. The van der Waals surface area contributed by atoms with Gasteiger partial charge in [-0.3, -0.25) is 19.3 Å². The molecule has 0 saturated carbocycles. The van der Waals surface area contributed by atoms with Crippen molar-refractivity contribution in [3.63, 3.8) is 0 Å². The molecule has 1 aromatic heterocycles. The fourth-order valence-electron chi connectivity index (χ4n) is 3.66. The summed E-state index contributed by atoms with van der Waals surface area (Å²) in [5.74, 6) is 0.210. The van der Waals surface area contributed by atoms with Crippen LogP contribution in [-0.2, 0) is 18.4 Å². The molecule has 2 unspecified atom stereocenters. The molecule has 0 spiro atoms. The molecule has 1 amide bonds. The highest BCUT2D eigenvalue weighted by Crippen LogP contribution is 2.32. The van der Waals surface area contributed by atoms with E-state index in [9.17, 15) is 4.79 Å². The Labute approximate surface area is 126 Å². The molecule has 0 N–H and O–H groups in total. The Morgan fingerprint density at radius 3 is 2.57 bits per heavy atom. The van der Waals surface area contributed by atoms with Crippen molar-refractivity contribution >= 4 is 5.91 Å². The minimum atomic E-state index is 0.210. The molecular weight excluding hydrogens is 266 g/mol. The fraction of sp³-hybridized carbons (Fsp3) is 0.733. The van der Waals surface area contributed by atoms with Gasteiger partial charge in [0.2, 0.25) is 5.91 Å². The minimum absolute atomic E-state index is 0.210. The van der Waals surface area contributed by atoms with E-state index in [0.717, 1.165) is 19.6 Å². The third-order valence-electron chi connectivity index (χ3n) is 4.79. The Morgan fingerprint density at radius 2 is 1.95 bits per heavy atom. The molecule has 2 atom stereocenters. The van der Waals surface area contributed by atoms with Crippen LogP contribution in [0.2, 0.25) is 0 Å². The lowest BCUT2D eigenvalue weighted by Gasteiger charge is -2.25. The van der Waals surface area contributed by atoms with Gasteiger partial charge >= 0.3 is 0 Å². The molecule has 21 heavy (non-hydrogen) atoms. The van der Waals surface area contributed by atoms with E-state index in [4.69, 9.17) is 0 Å². The van der Waals surface area contributed by atoms with Gasteiger partial charge in [-0.05, 0) is 12.8 Å². The van der Waals surface area contributed by atoms with Gasteiger partial charge in [0.25, 0.3) is 0 Å². The summed E-state index contributed by atoms with van der Waals surface area (Å²) in [4.78, 5) is 18.5. The van der Waals surface area contributed by atoms with E-state index in [-0.39, 0.29) is 5.91 Å². The van der Waals surface area contributed by atoms with Crippen molar-refractivity contribution in [3.8, 4) is 0 Å². The lowest BCUT2D eigenvalue weighted by Crippen LogP contribution is -2.41. The Kier molecular flexibility index (Phi) is 3.99. The molecule has 0 bridgehead atoms. The van der Waals surface area contributed by atoms with Crippen LogP contribution < -0.4 is 0 Å². The van der Waals surface area contributed by atoms with Gasteiger partial charge in [-0.25, -0.2) is 0 Å². The second-order valence-electron chi connectivity index (χ2n) is 6.46. The summed E-state index contributed by atoms with van der Waals surface area (Å²) in [6.45, 7) is 3.70. The zero-order chi connectivity index (χ0) is 15.0. The predicted octanol–water partition coefficient (Wildman–Crippen LogP) is 0.157. The number of fused-ring (bicyclic) bond motifs is 1. The van der Waals surface area contributed by atoms with Crippen LogP contribution in [0.15, 0.2) is 12.4 Å². The summed E-state index contributed by atoms with van der Waals surface area (Å²) in [5, 5.41) is 4.25. The average Bonchev–Trinajstić information content (AvgIpc) is 3.10. The van der Waals surface area contributed by atoms with Crippen molar-refractivity contribution in [3.05, 3.63) is 18.0 Å². The van der Waals surface area contributed by atoms with Gasteiger partial charge in [0.1, 0.15) is 0 Å². The number of rotatable bonds is 4. The van der Waals surface area contributed by atoms with Crippen molar-refractivity contribution in [1.82, 2.24) is 24.5 Å². The summed E-state index contributed by atoms with van der Waals surface area (Å²) in [6, 6.07) is 1.14. The van der Waals surface area contributed by atoms with Crippen LogP contribution >= 0.6 is 0 Å². The van der Waals surface area contributed by atoms with Gasteiger partial charge in [0.15, 0.2) is 0 Å². The SMILES string of the molecule is CN(C)C(=O)CN1CCC2C1CCN2Cc1cnn(C)c1. The summed E-state index contributed by atoms with van der Waals surface area (Å²) >= 11 is 0. The molecule has 6 heteroatoms. The van der Waals surface area contributed by atoms with Gasteiger partial charge in [0.05, 0.1) is 12.7 Å². The highest BCUT2D eigenvalue weighted by molar-refractivity contribution is 5.77. The van der Waals surface area contributed by atoms with Gasteiger partial charge < -0.3 is 4.90 Å². The molecule has 2 aliphatic heterocycles. The Bertz CT molecular complexity index is 512. The van der Waals surface area contributed by atoms with E-state index in [0.29, 0.717) is 18.6 Å². The zero-order valence-electron chi connectivity index (χ0n) is 13.2. The third kappa shape index (κ3) is 2.96. The molecule has 2 aliphatic rings. The standard InChI is InChI=1S/C15H25N5O/c1-17(2)15(21)11-20-7-5-13-14(20)4-6-19(13)10-12-8-16-18(3)9-12/h8-9,13-14H,4-7,10-11H2,1-3H3. The van der Waals surface area contributed by atoms with E-state index >= 15 is 0 Å². The van der Waals surface area contributed by atoms with Crippen LogP contribution in [-0.4, -0.2) is 76.2 Å². The smallest absolute Gasteiger partial charge is 0.236 e. The number of likely N-dealkylation sites (N-methyl/N-ethyl adjacent to an activating group) is 1. The van der Waals surface area contributed by atoms with Crippen molar-refractivity contribution in [1.29, 1.82) is 0 Å². The van der Waals surface area contributed by atoms with E-state index in [2.05, 4.69) is 21.1 Å². The van der Waals surface area contributed by atoms with Gasteiger partial charge in [-0.2, -0.15) is 5.10 Å². The molecule has 116 valence electrons. The Hall–Kier alpha value is -1.40. The maximum atomic E-state index is 11.9. The van der Waals surface area contributed by atoms with E-state index in [1.54, 1.807) is 4.90 Å². The van der Waals surface area contributed by atoms with Crippen LogP contribution in [0.1, 0.15) is 18.4 Å². The lowest BCUT2D eigenvalue weighted by molar-refractivity contribution is -0.130. The number of likely N-dealkylation sites (tertiary alicyclic amines) is 2. The summed E-state index contributed by atoms with van der Waals surface area (Å²) < 4.78 is 1.86. The topological polar surface area (TPSA) is 44.6 Å². The number of hydrogen-bond donors (Lipinski definition) is 0. The number of carbonyl (C=O) groups excluding carboxylic acids is 1. The van der Waals surface area contributed by atoms with Crippen molar-refractivity contribution in [2.45, 2.75) is 31.5 Å². The second kappa shape index (κ2) is 5.77. The van der Waals surface area contributed by atoms with E-state index < -0.39 is 0 Å². The number of hydrogen-bond acceptors (Lipinski definition) is 4. The lowest BCUT2D eigenvalue weighted by atomic mass is 10.1. The number of aromatic nitrogens is 2. The zero-order valence-corrected chi connectivity index (χ0v) is 13.2. The van der Waals surface area contributed by atoms with Gasteiger partial charge in [-0.1, -0.05) is 0 Å². The van der Waals surface area contributed by atoms with Crippen molar-refractivity contribution in [2.24, 2.45) is 7.05 Å². The molecule has 2 fully saturated rings. The van der Waals surface area contributed by atoms with Gasteiger partial charge in [-0.15, -0.1) is 0 Å². The van der Waals surface area contributed by atoms with E-state index in [1.165, 1.54) is 18.4 Å². The maximum Gasteiger partial charge on any atom is 0.236 e. The Balaban J connectivity index is 1.60. The van der Waals surface area contributed by atoms with Crippen LogP contribution in [0.3, 0.4) is 0 Å². The van der Waals surface area contributed by atoms with Gasteiger partial charge in [0, 0.05) is 64.6 Å². The monoisotopic (exact) mass is 291 g/mol. The molecule has 3 heterocycles. The number of nitrogens with zero attached hydrogens (tertiary/aromatic N) is 5. The van der Waals surface area contributed by atoms with Crippen LogP contribution in [0.5, 0.6) is 0 Å². The first-order valence-electron chi connectivity index (χ1n) is 7.70. The molecule has 3 rings (SSSR count). The molecule has 0 radical (unpaired) electrons. The first kappa shape index (κ1) is 14.5. The second-order valence-corrected chi connectivity index (χ2v) is 6.46. The highest BCUT2D eigenvalue weighted by atomic mass is 16.2. The molecule has 1 aromatic rings. The molecule has 0 aliphatic carbocycles. The van der Waals surface area contributed by atoms with Crippen LogP contribution in [0.25, 0.3) is 0 Å². The van der Waals surface area contributed by atoms with E-state index in [1.807, 2.05) is 32.0 Å².